The lowest BCUT2D eigenvalue weighted by molar-refractivity contribution is 0.0388. The van der Waals surface area contributed by atoms with Gasteiger partial charge in [0.1, 0.15) is 22.9 Å². The number of hydrogen-bond acceptors (Lipinski definition) is 5. The Kier molecular flexibility index (Phi) is 6.20. The van der Waals surface area contributed by atoms with Gasteiger partial charge < -0.3 is 9.64 Å². The molecule has 0 bridgehead atoms. The van der Waals surface area contributed by atoms with Crippen LogP contribution in [-0.2, 0) is 0 Å². The third kappa shape index (κ3) is 4.40. The first-order valence-electron chi connectivity index (χ1n) is 10.3. The van der Waals surface area contributed by atoms with E-state index >= 15 is 0 Å². The maximum atomic E-state index is 14.8. The highest BCUT2D eigenvalue weighted by molar-refractivity contribution is 5.98. The fourth-order valence-electron chi connectivity index (χ4n) is 4.15. The summed E-state index contributed by atoms with van der Waals surface area (Å²) in [5.74, 6) is -1.04. The number of carbonyl (C=O) groups is 1. The molecular weight excluding hydrogens is 404 g/mol. The molecule has 1 amide bonds. The summed E-state index contributed by atoms with van der Waals surface area (Å²) in [5, 5.41) is 8.11. The Morgan fingerprint density at radius 1 is 1.19 bits per heavy atom. The molecule has 3 heterocycles. The summed E-state index contributed by atoms with van der Waals surface area (Å²) in [7, 11) is 0. The molecule has 1 saturated heterocycles. The molecule has 4 rings (SSSR count). The number of hydrogen-bond donors (Lipinski definition) is 0. The first-order chi connectivity index (χ1) is 15.1. The zero-order chi connectivity index (χ0) is 21.8. The van der Waals surface area contributed by atoms with Crippen molar-refractivity contribution in [3.63, 3.8) is 0 Å². The Hall–Kier alpha value is -3.36. The van der Waals surface area contributed by atoms with E-state index in [0.717, 1.165) is 19.0 Å². The van der Waals surface area contributed by atoms with E-state index in [1.807, 2.05) is 6.92 Å². The second-order valence-electron chi connectivity index (χ2n) is 7.45. The molecule has 162 valence electrons. The molecule has 9 heteroatoms. The second kappa shape index (κ2) is 9.20. The van der Waals surface area contributed by atoms with Crippen LogP contribution < -0.4 is 4.74 Å². The fraction of sp³-hybridized carbons (Fsp3) is 0.364. The first-order valence-corrected chi connectivity index (χ1v) is 10.3. The molecule has 1 unspecified atom stereocenters. The van der Waals surface area contributed by atoms with Crippen LogP contribution in [0.25, 0.3) is 5.69 Å². The van der Waals surface area contributed by atoms with E-state index in [-0.39, 0.29) is 23.4 Å². The highest BCUT2D eigenvalue weighted by atomic mass is 19.1. The third-order valence-corrected chi connectivity index (χ3v) is 5.58. The van der Waals surface area contributed by atoms with Gasteiger partial charge in [-0.15, -0.1) is 0 Å². The number of piperidine rings is 1. The van der Waals surface area contributed by atoms with Crippen molar-refractivity contribution in [2.24, 2.45) is 5.92 Å². The Bertz CT molecular complexity index is 1030. The normalized spacial score (nSPS) is 18.7. The van der Waals surface area contributed by atoms with Crippen molar-refractivity contribution < 1.29 is 18.3 Å². The lowest BCUT2D eigenvalue weighted by atomic mass is 9.87. The predicted molar refractivity (Wildman–Crippen MR) is 109 cm³/mol. The van der Waals surface area contributed by atoms with Gasteiger partial charge in [0, 0.05) is 24.6 Å². The number of carbonyl (C=O) groups excluding carboxylic acids is 1. The van der Waals surface area contributed by atoms with Crippen molar-refractivity contribution in [3.05, 3.63) is 66.1 Å². The average molecular weight is 427 g/mol. The van der Waals surface area contributed by atoms with Gasteiger partial charge >= 0.3 is 0 Å². The number of likely N-dealkylation sites (tertiary alicyclic amines) is 1. The van der Waals surface area contributed by atoms with Gasteiger partial charge in [-0.3, -0.25) is 4.79 Å². The molecule has 2 aromatic heterocycles. The van der Waals surface area contributed by atoms with Crippen molar-refractivity contribution in [1.82, 2.24) is 24.9 Å². The summed E-state index contributed by atoms with van der Waals surface area (Å²) in [6.07, 6.45) is 6.40. The summed E-state index contributed by atoms with van der Waals surface area (Å²) >= 11 is 0. The third-order valence-electron chi connectivity index (χ3n) is 5.58. The molecule has 1 aliphatic heterocycles. The first kappa shape index (κ1) is 20.9. The maximum absolute atomic E-state index is 14.8. The van der Waals surface area contributed by atoms with Crippen LogP contribution in [0, 0.1) is 17.6 Å². The minimum absolute atomic E-state index is 0.0427. The zero-order valence-corrected chi connectivity index (χ0v) is 17.1. The van der Waals surface area contributed by atoms with Crippen molar-refractivity contribution in [2.75, 3.05) is 13.2 Å². The van der Waals surface area contributed by atoms with Gasteiger partial charge in [0.25, 0.3) is 5.91 Å². The van der Waals surface area contributed by atoms with Crippen LogP contribution in [0.3, 0.4) is 0 Å². The highest BCUT2D eigenvalue weighted by Crippen LogP contribution is 2.30. The topological polar surface area (TPSA) is 73.1 Å². The van der Waals surface area contributed by atoms with Gasteiger partial charge in [0.05, 0.1) is 25.2 Å². The van der Waals surface area contributed by atoms with Crippen LogP contribution in [0.4, 0.5) is 8.78 Å². The van der Waals surface area contributed by atoms with Crippen molar-refractivity contribution in [3.8, 4) is 11.6 Å². The largest absolute Gasteiger partial charge is 0.477 e. The molecule has 0 aliphatic carbocycles. The number of ether oxygens (including phenoxy) is 1. The fourth-order valence-corrected chi connectivity index (χ4v) is 4.15. The molecule has 0 saturated carbocycles. The van der Waals surface area contributed by atoms with E-state index in [1.165, 1.54) is 41.5 Å². The standard InChI is InChI=1S/C22H23F2N5O2/c1-2-18-15(14-31-20-9-8-16(23)13-25-20)5-4-12-28(18)22(30)21-17(24)6-3-7-19(21)29-26-10-11-27-29/h3,6-11,13,15,18H,2,4-5,12,14H2,1H3/t15-,18?/m1/s1. The predicted octanol–water partition coefficient (Wildman–Crippen LogP) is 3.65. The minimum atomic E-state index is -0.608. The molecule has 1 fully saturated rings. The highest BCUT2D eigenvalue weighted by Gasteiger charge is 2.36. The van der Waals surface area contributed by atoms with E-state index in [2.05, 4.69) is 15.2 Å². The van der Waals surface area contributed by atoms with Gasteiger partial charge in [0.15, 0.2) is 0 Å². The lowest BCUT2D eigenvalue weighted by Crippen LogP contribution is -2.50. The average Bonchev–Trinajstić information content (AvgIpc) is 3.32. The molecule has 3 aromatic rings. The number of nitrogens with zero attached hydrogens (tertiary/aromatic N) is 5. The summed E-state index contributed by atoms with van der Waals surface area (Å²) in [6.45, 7) is 2.87. The summed E-state index contributed by atoms with van der Waals surface area (Å²) in [4.78, 5) is 20.4. The van der Waals surface area contributed by atoms with Crippen molar-refractivity contribution in [2.45, 2.75) is 32.2 Å². The molecule has 1 aliphatic rings. The monoisotopic (exact) mass is 427 g/mol. The van der Waals surface area contributed by atoms with Crippen molar-refractivity contribution >= 4 is 5.91 Å². The molecule has 1 aromatic carbocycles. The van der Waals surface area contributed by atoms with Gasteiger partial charge in [-0.2, -0.15) is 15.0 Å². The number of rotatable bonds is 6. The van der Waals surface area contributed by atoms with Crippen LogP contribution in [0.2, 0.25) is 0 Å². The van der Waals surface area contributed by atoms with Crippen LogP contribution in [0.5, 0.6) is 5.88 Å². The Morgan fingerprint density at radius 3 is 2.71 bits per heavy atom. The van der Waals surface area contributed by atoms with Gasteiger partial charge in [-0.1, -0.05) is 13.0 Å². The van der Waals surface area contributed by atoms with E-state index in [9.17, 15) is 13.6 Å². The number of halogens is 2. The van der Waals surface area contributed by atoms with Crippen molar-refractivity contribution in [1.29, 1.82) is 0 Å². The zero-order valence-electron chi connectivity index (χ0n) is 17.1. The van der Waals surface area contributed by atoms with E-state index in [1.54, 1.807) is 11.0 Å². The number of aromatic nitrogens is 4. The Morgan fingerprint density at radius 2 is 2.00 bits per heavy atom. The smallest absolute Gasteiger partial charge is 0.259 e. The summed E-state index contributed by atoms with van der Waals surface area (Å²) in [6, 6.07) is 7.07. The van der Waals surface area contributed by atoms with E-state index in [4.69, 9.17) is 4.74 Å². The number of benzene rings is 1. The van der Waals surface area contributed by atoms with Crippen LogP contribution in [0.15, 0.2) is 48.9 Å². The van der Waals surface area contributed by atoms with Gasteiger partial charge in [-0.05, 0) is 37.5 Å². The molecule has 2 atom stereocenters. The van der Waals surface area contributed by atoms with Crippen LogP contribution in [0.1, 0.15) is 36.5 Å². The van der Waals surface area contributed by atoms with E-state index < -0.39 is 11.6 Å². The Balaban J connectivity index is 1.56. The molecule has 0 spiro atoms. The molecular formula is C22H23F2N5O2. The second-order valence-corrected chi connectivity index (χ2v) is 7.45. The lowest BCUT2D eigenvalue weighted by Gasteiger charge is -2.41. The van der Waals surface area contributed by atoms with Crippen LogP contribution in [-0.4, -0.2) is 50.0 Å². The molecule has 7 nitrogen and oxygen atoms in total. The number of pyridine rings is 1. The number of amides is 1. The molecule has 31 heavy (non-hydrogen) atoms. The Labute approximate surface area is 178 Å². The molecule has 0 N–H and O–H groups in total. The minimum Gasteiger partial charge on any atom is -0.477 e. The van der Waals surface area contributed by atoms with E-state index in [0.29, 0.717) is 31.1 Å². The molecule has 0 radical (unpaired) electrons. The quantitative estimate of drug-likeness (QED) is 0.601. The SMILES string of the molecule is CCC1[C@@H](COc2ccc(F)cn2)CCCN1C(=O)c1c(F)cccc1-n1nccn1. The summed E-state index contributed by atoms with van der Waals surface area (Å²) in [5.41, 5.74) is 0.262. The van der Waals surface area contributed by atoms with Crippen LogP contribution >= 0.6 is 0 Å². The van der Waals surface area contributed by atoms with Gasteiger partial charge in [0.2, 0.25) is 5.88 Å². The summed E-state index contributed by atoms with van der Waals surface area (Å²) < 4.78 is 33.6. The van der Waals surface area contributed by atoms with Gasteiger partial charge in [-0.25, -0.2) is 13.8 Å². The maximum Gasteiger partial charge on any atom is 0.259 e.